The minimum atomic E-state index is -4.02. The summed E-state index contributed by atoms with van der Waals surface area (Å²) < 4.78 is 82.4. The lowest BCUT2D eigenvalue weighted by Gasteiger charge is -2.20. The van der Waals surface area contributed by atoms with E-state index in [9.17, 15) is 25.3 Å². The molecule has 30 heavy (non-hydrogen) atoms. The van der Waals surface area contributed by atoms with Gasteiger partial charge in [0.05, 0.1) is 28.8 Å². The molecule has 9 nitrogen and oxygen atoms in total. The van der Waals surface area contributed by atoms with E-state index >= 15 is 0 Å². The molecule has 1 saturated heterocycles. The fourth-order valence-corrected chi connectivity index (χ4v) is 9.06. The van der Waals surface area contributed by atoms with E-state index in [2.05, 4.69) is 9.71 Å². The van der Waals surface area contributed by atoms with Gasteiger partial charge in [0.25, 0.3) is 0 Å². The van der Waals surface area contributed by atoms with E-state index in [1.165, 1.54) is 43.8 Å². The van der Waals surface area contributed by atoms with Gasteiger partial charge in [-0.2, -0.15) is 0 Å². The Morgan fingerprint density at radius 2 is 1.87 bits per heavy atom. The molecule has 0 amide bonds. The molecule has 0 saturated carbocycles. The van der Waals surface area contributed by atoms with Crippen LogP contribution in [0.3, 0.4) is 0 Å². The third-order valence-electron chi connectivity index (χ3n) is 4.92. The number of hydrogen-bond acceptors (Lipinski definition) is 8. The maximum absolute atomic E-state index is 13.3. The van der Waals surface area contributed by atoms with Crippen LogP contribution < -0.4 is 9.46 Å². The largest absolute Gasteiger partial charge is 0.497 e. The highest BCUT2D eigenvalue weighted by Gasteiger charge is 2.38. The van der Waals surface area contributed by atoms with E-state index in [1.54, 1.807) is 12.1 Å². The normalized spacial score (nSPS) is 20.0. The fraction of sp³-hybridized carbons (Fsp3) is 0.389. The van der Waals surface area contributed by atoms with Crippen LogP contribution in [0.25, 0.3) is 0 Å². The third kappa shape index (κ3) is 4.99. The van der Waals surface area contributed by atoms with Crippen LogP contribution in [0.15, 0.2) is 53.7 Å². The molecule has 1 fully saturated rings. The second-order valence-corrected chi connectivity index (χ2v) is 13.3. The van der Waals surface area contributed by atoms with E-state index in [0.717, 1.165) is 0 Å². The maximum Gasteiger partial charge on any atom is 0.215 e. The van der Waals surface area contributed by atoms with E-state index < -0.39 is 52.5 Å². The van der Waals surface area contributed by atoms with Gasteiger partial charge in [0.2, 0.25) is 10.0 Å². The molecule has 0 spiro atoms. The van der Waals surface area contributed by atoms with Gasteiger partial charge < -0.3 is 4.74 Å². The lowest BCUT2D eigenvalue weighted by Crippen LogP contribution is -2.38. The molecule has 2 unspecified atom stereocenters. The smallest absolute Gasteiger partial charge is 0.215 e. The molecular formula is C18H22N2O7S3. The van der Waals surface area contributed by atoms with Gasteiger partial charge >= 0.3 is 0 Å². The monoisotopic (exact) mass is 474 g/mol. The Balaban J connectivity index is 1.90. The quantitative estimate of drug-likeness (QED) is 0.591. The van der Waals surface area contributed by atoms with Crippen molar-refractivity contribution in [1.82, 2.24) is 9.71 Å². The topological polar surface area (TPSA) is 137 Å². The molecule has 12 heteroatoms. The summed E-state index contributed by atoms with van der Waals surface area (Å²) in [7, 11) is -9.96. The third-order valence-corrected chi connectivity index (χ3v) is 10.9. The summed E-state index contributed by atoms with van der Waals surface area (Å²) in [6.07, 6.45) is 2.83. The predicted octanol–water partition coefficient (Wildman–Crippen LogP) is 0.712. The molecule has 1 N–H and O–H groups in total. The van der Waals surface area contributed by atoms with Gasteiger partial charge in [0, 0.05) is 18.9 Å². The van der Waals surface area contributed by atoms with Crippen molar-refractivity contribution < 1.29 is 30.0 Å². The van der Waals surface area contributed by atoms with Crippen molar-refractivity contribution in [2.24, 2.45) is 0 Å². The molecular weight excluding hydrogens is 452 g/mol. The number of methoxy groups -OCH3 is 1. The first-order valence-electron chi connectivity index (χ1n) is 9.02. The average Bonchev–Trinajstić information content (AvgIpc) is 3.09. The molecule has 3 rings (SSSR count). The van der Waals surface area contributed by atoms with Crippen molar-refractivity contribution >= 4 is 29.7 Å². The highest BCUT2D eigenvalue weighted by Crippen LogP contribution is 2.30. The van der Waals surface area contributed by atoms with Crippen LogP contribution in [0.1, 0.15) is 17.2 Å². The molecule has 164 valence electrons. The summed E-state index contributed by atoms with van der Waals surface area (Å²) in [4.78, 5) is 3.94. The summed E-state index contributed by atoms with van der Waals surface area (Å²) >= 11 is 0. The summed E-state index contributed by atoms with van der Waals surface area (Å²) in [5, 5.41) is -2.34. The zero-order chi connectivity index (χ0) is 22.0. The van der Waals surface area contributed by atoms with Crippen molar-refractivity contribution in [2.75, 3.05) is 25.2 Å². The van der Waals surface area contributed by atoms with Crippen LogP contribution in [0.5, 0.6) is 5.75 Å². The lowest BCUT2D eigenvalue weighted by atomic mass is 10.2. The Hall–Kier alpha value is -2.02. The van der Waals surface area contributed by atoms with E-state index in [-0.39, 0.29) is 17.1 Å². The number of sulfone groups is 2. The van der Waals surface area contributed by atoms with E-state index in [0.29, 0.717) is 11.3 Å². The molecule has 2 heterocycles. The van der Waals surface area contributed by atoms with Gasteiger partial charge in [-0.25, -0.2) is 30.0 Å². The number of ether oxygens (including phenoxy) is 1. The van der Waals surface area contributed by atoms with Crippen LogP contribution in [0, 0.1) is 0 Å². The fourth-order valence-electron chi connectivity index (χ4n) is 3.22. The second kappa shape index (κ2) is 8.61. The number of aromatic nitrogens is 1. The van der Waals surface area contributed by atoms with Gasteiger partial charge in [-0.1, -0.05) is 6.07 Å². The first-order valence-corrected chi connectivity index (χ1v) is 13.9. The molecule has 0 aliphatic carbocycles. The van der Waals surface area contributed by atoms with Gasteiger partial charge in [0.15, 0.2) is 19.7 Å². The molecule has 1 aromatic carbocycles. The minimum Gasteiger partial charge on any atom is -0.497 e. The van der Waals surface area contributed by atoms with Crippen LogP contribution in [0.4, 0.5) is 0 Å². The molecule has 2 aromatic rings. The van der Waals surface area contributed by atoms with Gasteiger partial charge in [-0.05, 0) is 42.3 Å². The Bertz CT molecular complexity index is 1190. The summed E-state index contributed by atoms with van der Waals surface area (Å²) in [5.41, 5.74) is 0.315. The number of nitrogens with one attached hydrogen (secondary N) is 1. The lowest BCUT2D eigenvalue weighted by molar-refractivity contribution is 0.414. The molecule has 1 aliphatic rings. The number of pyridine rings is 1. The van der Waals surface area contributed by atoms with E-state index in [4.69, 9.17) is 4.74 Å². The average molecular weight is 475 g/mol. The number of nitrogens with zero attached hydrogens (tertiary/aromatic N) is 1. The predicted molar refractivity (Wildman–Crippen MR) is 111 cm³/mol. The Morgan fingerprint density at radius 3 is 2.40 bits per heavy atom. The van der Waals surface area contributed by atoms with Crippen LogP contribution in [0.2, 0.25) is 0 Å². The summed E-state index contributed by atoms with van der Waals surface area (Å²) in [6, 6.07) is 8.88. The number of rotatable bonds is 8. The molecule has 1 aliphatic heterocycles. The zero-order valence-corrected chi connectivity index (χ0v) is 18.6. The van der Waals surface area contributed by atoms with Crippen molar-refractivity contribution in [1.29, 1.82) is 0 Å². The van der Waals surface area contributed by atoms with Crippen molar-refractivity contribution in [3.05, 3.63) is 54.4 Å². The van der Waals surface area contributed by atoms with Gasteiger partial charge in [-0.15, -0.1) is 0 Å². The Labute approximate surface area is 176 Å². The van der Waals surface area contributed by atoms with Gasteiger partial charge in [-0.3, -0.25) is 4.98 Å². The molecule has 2 atom stereocenters. The Kier molecular flexibility index (Phi) is 6.51. The molecule has 0 bridgehead atoms. The van der Waals surface area contributed by atoms with Gasteiger partial charge in [0.1, 0.15) is 11.0 Å². The minimum absolute atomic E-state index is 0.000190. The first kappa shape index (κ1) is 22.7. The van der Waals surface area contributed by atoms with Crippen molar-refractivity contribution in [2.45, 2.75) is 21.8 Å². The van der Waals surface area contributed by atoms with Crippen molar-refractivity contribution in [3.8, 4) is 5.75 Å². The second-order valence-electron chi connectivity index (χ2n) is 6.91. The highest BCUT2D eigenvalue weighted by molar-refractivity contribution is 7.95. The standard InChI is InChI=1S/C18H22N2O7S3/c1-27-15-4-6-16(7-5-15)29(23,24)18(14-3-2-9-19-11-14)12-20-30(25,26)17-8-10-28(21,22)13-17/h2-7,9,11,17-18,20H,8,10,12-13H2,1H3. The number of benzene rings is 1. The van der Waals surface area contributed by atoms with Crippen LogP contribution in [-0.2, 0) is 29.7 Å². The zero-order valence-electron chi connectivity index (χ0n) is 16.1. The maximum atomic E-state index is 13.3. The van der Waals surface area contributed by atoms with E-state index in [1.807, 2.05) is 0 Å². The number of hydrogen-bond donors (Lipinski definition) is 1. The summed E-state index contributed by atoms with van der Waals surface area (Å²) in [6.45, 7) is -0.445. The number of sulfonamides is 1. The van der Waals surface area contributed by atoms with Crippen LogP contribution >= 0.6 is 0 Å². The van der Waals surface area contributed by atoms with Crippen molar-refractivity contribution in [3.63, 3.8) is 0 Å². The Morgan fingerprint density at radius 1 is 1.17 bits per heavy atom. The summed E-state index contributed by atoms with van der Waals surface area (Å²) in [5.74, 6) is -0.185. The van der Waals surface area contributed by atoms with Crippen LogP contribution in [-0.4, -0.2) is 60.6 Å². The highest BCUT2D eigenvalue weighted by atomic mass is 32.2. The SMILES string of the molecule is COc1ccc(S(=O)(=O)C(CNS(=O)(=O)C2CCS(=O)(=O)C2)c2cccnc2)cc1. The molecule has 0 radical (unpaired) electrons. The molecule has 1 aromatic heterocycles. The first-order chi connectivity index (χ1) is 14.0.